The van der Waals surface area contributed by atoms with Crippen LogP contribution in [0.25, 0.3) is 0 Å². The fraction of sp³-hybridized carbons (Fsp3) is 0.455. The molecule has 0 heterocycles. The molecule has 1 aromatic carbocycles. The predicted molar refractivity (Wildman–Crippen MR) is 64.3 cm³/mol. The Kier molecular flexibility index (Phi) is 5.53. The summed E-state index contributed by atoms with van der Waals surface area (Å²) in [6.45, 7) is 2.72. The summed E-state index contributed by atoms with van der Waals surface area (Å²) in [5, 5.41) is 0.780. The van der Waals surface area contributed by atoms with Gasteiger partial charge in [-0.3, -0.25) is 0 Å². The molecule has 1 aromatic rings. The largest absolute Gasteiger partial charge is 0.371 e. The highest BCUT2D eigenvalue weighted by molar-refractivity contribution is 9.09. The Morgan fingerprint density at radius 1 is 1.43 bits per heavy atom. The minimum atomic E-state index is 0.0938. The van der Waals surface area contributed by atoms with Crippen LogP contribution in [-0.2, 0) is 11.3 Å². The number of aryl methyl sites for hydroxylation is 1. The standard InChI is InChI=1S/C11H14BrClO/c1-9-4-2-3-5-10(9)8-14-11(6-12)7-13/h2-5,11H,6-8H2,1H3. The van der Waals surface area contributed by atoms with E-state index in [0.717, 1.165) is 5.33 Å². The Morgan fingerprint density at radius 2 is 2.14 bits per heavy atom. The van der Waals surface area contributed by atoms with E-state index in [9.17, 15) is 0 Å². The second-order valence-corrected chi connectivity index (χ2v) is 4.12. The summed E-state index contributed by atoms with van der Waals surface area (Å²) in [7, 11) is 0. The summed E-state index contributed by atoms with van der Waals surface area (Å²) in [6.07, 6.45) is 0.0938. The second kappa shape index (κ2) is 6.44. The Balaban J connectivity index is 2.49. The molecule has 0 aliphatic carbocycles. The number of hydrogen-bond donors (Lipinski definition) is 0. The van der Waals surface area contributed by atoms with Crippen molar-refractivity contribution >= 4 is 27.5 Å². The Bertz CT molecular complexity index is 274. The molecule has 0 amide bonds. The van der Waals surface area contributed by atoms with E-state index in [-0.39, 0.29) is 6.10 Å². The van der Waals surface area contributed by atoms with E-state index in [2.05, 4.69) is 35.0 Å². The molecule has 78 valence electrons. The van der Waals surface area contributed by atoms with Crippen LogP contribution in [0.3, 0.4) is 0 Å². The first-order chi connectivity index (χ1) is 6.77. The topological polar surface area (TPSA) is 9.23 Å². The van der Waals surface area contributed by atoms with Crippen molar-refractivity contribution in [1.82, 2.24) is 0 Å². The normalized spacial score (nSPS) is 12.8. The predicted octanol–water partition coefficient (Wildman–Crippen LogP) is 3.51. The third kappa shape index (κ3) is 3.60. The quantitative estimate of drug-likeness (QED) is 0.748. The highest BCUT2D eigenvalue weighted by Gasteiger charge is 2.06. The van der Waals surface area contributed by atoms with Gasteiger partial charge in [0.25, 0.3) is 0 Å². The molecular weight excluding hydrogens is 263 g/mol. The van der Waals surface area contributed by atoms with Crippen molar-refractivity contribution in [2.24, 2.45) is 0 Å². The maximum Gasteiger partial charge on any atom is 0.0811 e. The maximum absolute atomic E-state index is 5.72. The summed E-state index contributed by atoms with van der Waals surface area (Å²) in [5.74, 6) is 0.525. The van der Waals surface area contributed by atoms with Crippen molar-refractivity contribution in [2.45, 2.75) is 19.6 Å². The van der Waals surface area contributed by atoms with Crippen molar-refractivity contribution in [3.05, 3.63) is 35.4 Å². The number of hydrogen-bond acceptors (Lipinski definition) is 1. The van der Waals surface area contributed by atoms with Crippen molar-refractivity contribution in [2.75, 3.05) is 11.2 Å². The zero-order chi connectivity index (χ0) is 10.4. The molecule has 1 nitrogen and oxygen atoms in total. The first-order valence-electron chi connectivity index (χ1n) is 4.56. The number of ether oxygens (including phenoxy) is 1. The van der Waals surface area contributed by atoms with E-state index < -0.39 is 0 Å². The third-order valence-corrected chi connectivity index (χ3v) is 3.15. The van der Waals surface area contributed by atoms with E-state index in [1.54, 1.807) is 0 Å². The maximum atomic E-state index is 5.72. The van der Waals surface area contributed by atoms with Crippen LogP contribution in [0, 0.1) is 6.92 Å². The van der Waals surface area contributed by atoms with Crippen molar-refractivity contribution in [3.8, 4) is 0 Å². The van der Waals surface area contributed by atoms with Crippen LogP contribution in [0.15, 0.2) is 24.3 Å². The van der Waals surface area contributed by atoms with E-state index in [4.69, 9.17) is 16.3 Å². The van der Waals surface area contributed by atoms with Crippen LogP contribution in [0.1, 0.15) is 11.1 Å². The Hall–Kier alpha value is -0.0500. The molecule has 1 unspecified atom stereocenters. The fourth-order valence-corrected chi connectivity index (χ4v) is 1.99. The molecule has 0 radical (unpaired) electrons. The molecule has 0 spiro atoms. The van der Waals surface area contributed by atoms with Gasteiger partial charge in [0, 0.05) is 11.2 Å². The Labute approximate surface area is 98.5 Å². The van der Waals surface area contributed by atoms with Gasteiger partial charge in [0.15, 0.2) is 0 Å². The zero-order valence-corrected chi connectivity index (χ0v) is 10.5. The average molecular weight is 278 g/mol. The van der Waals surface area contributed by atoms with Crippen molar-refractivity contribution in [3.63, 3.8) is 0 Å². The number of alkyl halides is 2. The lowest BCUT2D eigenvalue weighted by Crippen LogP contribution is -2.16. The van der Waals surface area contributed by atoms with Gasteiger partial charge in [0.1, 0.15) is 0 Å². The molecule has 0 saturated carbocycles. The van der Waals surface area contributed by atoms with Crippen LogP contribution in [-0.4, -0.2) is 17.3 Å². The van der Waals surface area contributed by atoms with Gasteiger partial charge in [-0.15, -0.1) is 11.6 Å². The molecule has 3 heteroatoms. The van der Waals surface area contributed by atoms with Gasteiger partial charge in [-0.25, -0.2) is 0 Å². The van der Waals surface area contributed by atoms with E-state index in [1.807, 2.05) is 12.1 Å². The first-order valence-corrected chi connectivity index (χ1v) is 6.21. The summed E-state index contributed by atoms with van der Waals surface area (Å²) in [5.41, 5.74) is 2.49. The minimum absolute atomic E-state index is 0.0938. The number of rotatable bonds is 5. The molecule has 0 aliphatic rings. The van der Waals surface area contributed by atoms with Gasteiger partial charge in [-0.2, -0.15) is 0 Å². The molecule has 0 aliphatic heterocycles. The molecule has 1 rings (SSSR count). The molecule has 0 aromatic heterocycles. The summed E-state index contributed by atoms with van der Waals surface area (Å²) in [4.78, 5) is 0. The van der Waals surface area contributed by atoms with Crippen LogP contribution in [0.5, 0.6) is 0 Å². The lowest BCUT2D eigenvalue weighted by molar-refractivity contribution is 0.0714. The number of halogens is 2. The SMILES string of the molecule is Cc1ccccc1COC(CCl)CBr. The van der Waals surface area contributed by atoms with Crippen molar-refractivity contribution in [1.29, 1.82) is 0 Å². The average Bonchev–Trinajstić information content (AvgIpc) is 2.22. The summed E-state index contributed by atoms with van der Waals surface area (Å²) < 4.78 is 5.63. The van der Waals surface area contributed by atoms with Gasteiger partial charge in [0.05, 0.1) is 12.7 Å². The van der Waals surface area contributed by atoms with Gasteiger partial charge < -0.3 is 4.74 Å². The van der Waals surface area contributed by atoms with E-state index >= 15 is 0 Å². The fourth-order valence-electron chi connectivity index (χ4n) is 1.11. The van der Waals surface area contributed by atoms with Gasteiger partial charge >= 0.3 is 0 Å². The van der Waals surface area contributed by atoms with E-state index in [0.29, 0.717) is 12.5 Å². The molecule has 14 heavy (non-hydrogen) atoms. The summed E-state index contributed by atoms with van der Waals surface area (Å²) >= 11 is 9.08. The molecule has 0 saturated heterocycles. The highest BCUT2D eigenvalue weighted by atomic mass is 79.9. The van der Waals surface area contributed by atoms with Crippen LogP contribution < -0.4 is 0 Å². The minimum Gasteiger partial charge on any atom is -0.371 e. The van der Waals surface area contributed by atoms with Crippen LogP contribution in [0.2, 0.25) is 0 Å². The monoisotopic (exact) mass is 276 g/mol. The van der Waals surface area contributed by atoms with Gasteiger partial charge in [-0.1, -0.05) is 40.2 Å². The van der Waals surface area contributed by atoms with Crippen LogP contribution >= 0.6 is 27.5 Å². The lowest BCUT2D eigenvalue weighted by Gasteiger charge is -2.13. The molecule has 1 atom stereocenters. The van der Waals surface area contributed by atoms with E-state index in [1.165, 1.54) is 11.1 Å². The second-order valence-electron chi connectivity index (χ2n) is 3.17. The van der Waals surface area contributed by atoms with Crippen LogP contribution in [0.4, 0.5) is 0 Å². The van der Waals surface area contributed by atoms with Gasteiger partial charge in [-0.05, 0) is 18.1 Å². The molecular formula is C11H14BrClO. The smallest absolute Gasteiger partial charge is 0.0811 e. The third-order valence-electron chi connectivity index (χ3n) is 2.08. The van der Waals surface area contributed by atoms with Crippen molar-refractivity contribution < 1.29 is 4.74 Å². The number of benzene rings is 1. The Morgan fingerprint density at radius 3 is 2.71 bits per heavy atom. The molecule has 0 bridgehead atoms. The zero-order valence-electron chi connectivity index (χ0n) is 8.17. The lowest BCUT2D eigenvalue weighted by atomic mass is 10.1. The highest BCUT2D eigenvalue weighted by Crippen LogP contribution is 2.10. The first kappa shape index (κ1) is 12.0. The summed E-state index contributed by atoms with van der Waals surface area (Å²) in [6, 6.07) is 8.22. The molecule has 0 N–H and O–H groups in total. The molecule has 0 fully saturated rings. The van der Waals surface area contributed by atoms with Gasteiger partial charge in [0.2, 0.25) is 0 Å².